The Labute approximate surface area is 92.0 Å². The van der Waals surface area contributed by atoms with Crippen molar-refractivity contribution in [2.24, 2.45) is 0 Å². The Morgan fingerprint density at radius 2 is 2.00 bits per heavy atom. The van der Waals surface area contributed by atoms with Gasteiger partial charge in [0.2, 0.25) is 0 Å². The molecule has 4 heteroatoms. The molecule has 0 radical (unpaired) electrons. The third-order valence-corrected chi connectivity index (χ3v) is 2.79. The molecule has 90 valence electrons. The summed E-state index contributed by atoms with van der Waals surface area (Å²) in [4.78, 5) is 11.2. The van der Waals surface area contributed by atoms with E-state index in [0.29, 0.717) is 13.0 Å². The molecule has 0 aliphatic carbocycles. The molecule has 0 bridgehead atoms. The molecule has 0 fully saturated rings. The van der Waals surface area contributed by atoms with Crippen LogP contribution >= 0.6 is 0 Å². The molecule has 4 nitrogen and oxygen atoms in total. The largest absolute Gasteiger partial charge is 0.480 e. The van der Waals surface area contributed by atoms with Gasteiger partial charge in [-0.2, -0.15) is 0 Å². The first-order valence-electron chi connectivity index (χ1n) is 5.50. The average molecular weight is 217 g/mol. The molecule has 0 aliphatic rings. The zero-order valence-electron chi connectivity index (χ0n) is 10.2. The molecule has 2 N–H and O–H groups in total. The molecular formula is C11H23NO3. The first-order valence-corrected chi connectivity index (χ1v) is 5.50. The maximum absolute atomic E-state index is 11.2. The van der Waals surface area contributed by atoms with Gasteiger partial charge in [-0.05, 0) is 26.2 Å². The fourth-order valence-corrected chi connectivity index (χ4v) is 1.49. The molecule has 0 aliphatic heterocycles. The van der Waals surface area contributed by atoms with Crippen LogP contribution in [0.15, 0.2) is 0 Å². The Bertz CT molecular complexity index is 192. The normalized spacial score (nSPS) is 15.3. The minimum absolute atomic E-state index is 0.253. The molecule has 15 heavy (non-hydrogen) atoms. The number of ether oxygens (including phenoxy) is 1. The van der Waals surface area contributed by atoms with Crippen LogP contribution in [-0.4, -0.2) is 36.4 Å². The minimum atomic E-state index is -0.882. The lowest BCUT2D eigenvalue weighted by atomic mass is 9.96. The van der Waals surface area contributed by atoms with Gasteiger partial charge in [0.1, 0.15) is 5.54 Å². The van der Waals surface area contributed by atoms with Crippen LogP contribution in [0.2, 0.25) is 0 Å². The number of aliphatic carboxylic acids is 1. The topological polar surface area (TPSA) is 58.6 Å². The highest BCUT2D eigenvalue weighted by atomic mass is 16.5. The van der Waals surface area contributed by atoms with Crippen LogP contribution < -0.4 is 5.32 Å². The van der Waals surface area contributed by atoms with Crippen molar-refractivity contribution in [3.63, 3.8) is 0 Å². The number of carboxylic acids is 1. The quantitative estimate of drug-likeness (QED) is 0.649. The van der Waals surface area contributed by atoms with Gasteiger partial charge in [0, 0.05) is 19.8 Å². The van der Waals surface area contributed by atoms with Gasteiger partial charge in [-0.25, -0.2) is 0 Å². The SMILES string of the molecule is CCC(CC)NC(C)(CCOC)C(=O)O. The summed E-state index contributed by atoms with van der Waals surface area (Å²) >= 11 is 0. The number of nitrogens with one attached hydrogen (secondary N) is 1. The van der Waals surface area contributed by atoms with Crippen molar-refractivity contribution < 1.29 is 14.6 Å². The van der Waals surface area contributed by atoms with E-state index < -0.39 is 11.5 Å². The Hall–Kier alpha value is -0.610. The summed E-state index contributed by atoms with van der Waals surface area (Å²) in [6, 6.07) is 0.253. The highest BCUT2D eigenvalue weighted by Crippen LogP contribution is 2.13. The number of hydrogen-bond acceptors (Lipinski definition) is 3. The van der Waals surface area contributed by atoms with Gasteiger partial charge in [-0.3, -0.25) is 10.1 Å². The molecule has 0 rings (SSSR count). The van der Waals surface area contributed by atoms with Crippen molar-refractivity contribution in [1.29, 1.82) is 0 Å². The van der Waals surface area contributed by atoms with Crippen molar-refractivity contribution in [3.05, 3.63) is 0 Å². The molecule has 1 unspecified atom stereocenters. The van der Waals surface area contributed by atoms with Crippen molar-refractivity contribution in [2.75, 3.05) is 13.7 Å². The first-order chi connectivity index (χ1) is 7.00. The molecule has 0 saturated carbocycles. The summed E-state index contributed by atoms with van der Waals surface area (Å²) in [5.74, 6) is -0.813. The van der Waals surface area contributed by atoms with Crippen molar-refractivity contribution in [1.82, 2.24) is 5.32 Å². The van der Waals surface area contributed by atoms with Crippen LogP contribution in [0.1, 0.15) is 40.0 Å². The summed E-state index contributed by atoms with van der Waals surface area (Å²) in [5, 5.41) is 12.4. The molecule has 0 aromatic rings. The van der Waals surface area contributed by atoms with Gasteiger partial charge in [0.05, 0.1) is 0 Å². The number of hydrogen-bond donors (Lipinski definition) is 2. The third kappa shape index (κ3) is 4.62. The van der Waals surface area contributed by atoms with Crippen LogP contribution in [-0.2, 0) is 9.53 Å². The lowest BCUT2D eigenvalue weighted by Gasteiger charge is -2.30. The highest BCUT2D eigenvalue weighted by Gasteiger charge is 2.33. The van der Waals surface area contributed by atoms with Crippen LogP contribution in [0.5, 0.6) is 0 Å². The Balaban J connectivity index is 4.42. The second-order valence-electron chi connectivity index (χ2n) is 4.04. The number of carbonyl (C=O) groups is 1. The predicted molar refractivity (Wildman–Crippen MR) is 60.0 cm³/mol. The second-order valence-corrected chi connectivity index (χ2v) is 4.04. The van der Waals surface area contributed by atoms with Gasteiger partial charge in [0.25, 0.3) is 0 Å². The van der Waals surface area contributed by atoms with Crippen LogP contribution in [0, 0.1) is 0 Å². The average Bonchev–Trinajstić information content (AvgIpc) is 2.22. The monoisotopic (exact) mass is 217 g/mol. The Kier molecular flexibility index (Phi) is 6.52. The summed E-state index contributed by atoms with van der Waals surface area (Å²) in [5.41, 5.74) is -0.882. The second kappa shape index (κ2) is 6.80. The van der Waals surface area contributed by atoms with Gasteiger partial charge >= 0.3 is 5.97 Å². The molecular weight excluding hydrogens is 194 g/mol. The van der Waals surface area contributed by atoms with Gasteiger partial charge in [-0.15, -0.1) is 0 Å². The van der Waals surface area contributed by atoms with Gasteiger partial charge in [0.15, 0.2) is 0 Å². The summed E-state index contributed by atoms with van der Waals surface area (Å²) in [6.45, 7) is 6.28. The predicted octanol–water partition coefficient (Wildman–Crippen LogP) is 1.64. The fraction of sp³-hybridized carbons (Fsp3) is 0.909. The van der Waals surface area contributed by atoms with E-state index in [1.807, 2.05) is 0 Å². The van der Waals surface area contributed by atoms with E-state index in [9.17, 15) is 9.90 Å². The molecule has 0 aromatic heterocycles. The lowest BCUT2D eigenvalue weighted by Crippen LogP contribution is -2.54. The van der Waals surface area contributed by atoms with E-state index >= 15 is 0 Å². The third-order valence-electron chi connectivity index (χ3n) is 2.79. The summed E-state index contributed by atoms with van der Waals surface area (Å²) in [6.07, 6.45) is 2.36. The van der Waals surface area contributed by atoms with Crippen LogP contribution in [0.3, 0.4) is 0 Å². The van der Waals surface area contributed by atoms with Gasteiger partial charge in [-0.1, -0.05) is 13.8 Å². The zero-order valence-corrected chi connectivity index (χ0v) is 10.2. The van der Waals surface area contributed by atoms with E-state index in [1.54, 1.807) is 14.0 Å². The first kappa shape index (κ1) is 14.4. The molecule has 0 amide bonds. The number of rotatable bonds is 8. The van der Waals surface area contributed by atoms with E-state index in [1.165, 1.54) is 0 Å². The maximum atomic E-state index is 11.2. The number of methoxy groups -OCH3 is 1. The summed E-state index contributed by atoms with van der Waals surface area (Å²) < 4.78 is 4.93. The highest BCUT2D eigenvalue weighted by molar-refractivity contribution is 5.78. The van der Waals surface area contributed by atoms with Crippen molar-refractivity contribution >= 4 is 5.97 Å². The lowest BCUT2D eigenvalue weighted by molar-refractivity contribution is -0.145. The Morgan fingerprint density at radius 3 is 2.33 bits per heavy atom. The van der Waals surface area contributed by atoms with Gasteiger partial charge < -0.3 is 9.84 Å². The zero-order chi connectivity index (χ0) is 11.9. The maximum Gasteiger partial charge on any atom is 0.323 e. The molecule has 0 saturated heterocycles. The standard InChI is InChI=1S/C11H23NO3/c1-5-9(6-2)12-11(3,10(13)14)7-8-15-4/h9,12H,5-8H2,1-4H3,(H,13,14). The van der Waals surface area contributed by atoms with E-state index in [4.69, 9.17) is 4.74 Å². The summed E-state index contributed by atoms with van der Waals surface area (Å²) in [7, 11) is 1.58. The van der Waals surface area contributed by atoms with Crippen LogP contribution in [0.4, 0.5) is 0 Å². The van der Waals surface area contributed by atoms with Crippen molar-refractivity contribution in [2.45, 2.75) is 51.6 Å². The smallest absolute Gasteiger partial charge is 0.323 e. The molecule has 1 atom stereocenters. The minimum Gasteiger partial charge on any atom is -0.480 e. The fourth-order valence-electron chi connectivity index (χ4n) is 1.49. The van der Waals surface area contributed by atoms with Crippen LogP contribution in [0.25, 0.3) is 0 Å². The van der Waals surface area contributed by atoms with E-state index in [-0.39, 0.29) is 6.04 Å². The molecule has 0 spiro atoms. The van der Waals surface area contributed by atoms with E-state index in [0.717, 1.165) is 12.8 Å². The van der Waals surface area contributed by atoms with E-state index in [2.05, 4.69) is 19.2 Å². The molecule has 0 heterocycles. The van der Waals surface area contributed by atoms with Crippen molar-refractivity contribution in [3.8, 4) is 0 Å². The molecule has 0 aromatic carbocycles. The number of carboxylic acid groups (broad SMARTS) is 1. The Morgan fingerprint density at radius 1 is 1.47 bits per heavy atom.